The van der Waals surface area contributed by atoms with Crippen molar-refractivity contribution >= 4 is 17.5 Å². The van der Waals surface area contributed by atoms with Crippen LogP contribution < -0.4 is 11.1 Å². The van der Waals surface area contributed by atoms with E-state index in [1.165, 1.54) is 13.8 Å². The highest BCUT2D eigenvalue weighted by atomic mass is 19.1. The largest absolute Gasteiger partial charge is 0.369 e. The van der Waals surface area contributed by atoms with Crippen molar-refractivity contribution in [1.29, 1.82) is 0 Å². The van der Waals surface area contributed by atoms with Gasteiger partial charge in [0.25, 0.3) is 0 Å². The maximum Gasteiger partial charge on any atom is 0.199 e. The molecule has 0 aliphatic carbocycles. The van der Waals surface area contributed by atoms with Gasteiger partial charge >= 0.3 is 0 Å². The molecule has 0 bridgehead atoms. The first kappa shape index (κ1) is 18.6. The first-order chi connectivity index (χ1) is 12.7. The second kappa shape index (κ2) is 7.23. The molecular weight excluding hydrogens is 341 g/mol. The number of hydrogen-bond acceptors (Lipinski definition) is 2. The molecule has 3 aromatic rings. The van der Waals surface area contributed by atoms with Gasteiger partial charge in [-0.25, -0.2) is 9.07 Å². The smallest absolute Gasteiger partial charge is 0.199 e. The second-order valence-corrected chi connectivity index (χ2v) is 7.10. The van der Waals surface area contributed by atoms with Gasteiger partial charge in [-0.05, 0) is 57.5 Å². The van der Waals surface area contributed by atoms with Gasteiger partial charge < -0.3 is 11.1 Å². The fourth-order valence-electron chi connectivity index (χ4n) is 2.64. The zero-order valence-corrected chi connectivity index (χ0v) is 16.0. The van der Waals surface area contributed by atoms with Crippen molar-refractivity contribution in [1.82, 2.24) is 9.78 Å². The Morgan fingerprint density at radius 2 is 1.78 bits per heavy atom. The van der Waals surface area contributed by atoms with Gasteiger partial charge in [0.2, 0.25) is 0 Å². The molecule has 0 saturated heterocycles. The fraction of sp³-hybridized carbons (Fsp3) is 0.238. The lowest BCUT2D eigenvalue weighted by Gasteiger charge is -2.09. The van der Waals surface area contributed by atoms with Crippen LogP contribution in [0.2, 0.25) is 0 Å². The van der Waals surface area contributed by atoms with Crippen LogP contribution in [0.5, 0.6) is 0 Å². The third-order valence-corrected chi connectivity index (χ3v) is 4.10. The van der Waals surface area contributed by atoms with Gasteiger partial charge in [-0.1, -0.05) is 29.8 Å². The lowest BCUT2D eigenvalue weighted by molar-refractivity contribution is 0.213. The average molecular weight is 365 g/mol. The summed E-state index contributed by atoms with van der Waals surface area (Å²) in [6.45, 7) is 6.94. The van der Waals surface area contributed by atoms with E-state index in [0.29, 0.717) is 11.5 Å². The normalized spacial score (nSPS) is 12.3. The van der Waals surface area contributed by atoms with Crippen LogP contribution in [0.25, 0.3) is 5.69 Å². The minimum Gasteiger partial charge on any atom is -0.369 e. The van der Waals surface area contributed by atoms with E-state index < -0.39 is 5.67 Å². The molecule has 140 valence electrons. The van der Waals surface area contributed by atoms with Crippen LogP contribution in [0.4, 0.5) is 15.9 Å². The molecule has 0 spiro atoms. The van der Waals surface area contributed by atoms with Crippen molar-refractivity contribution in [3.8, 4) is 5.69 Å². The van der Waals surface area contributed by atoms with Gasteiger partial charge in [-0.3, -0.25) is 0 Å². The summed E-state index contributed by atoms with van der Waals surface area (Å²) in [4.78, 5) is 4.43. The Labute approximate surface area is 158 Å². The number of rotatable bonds is 4. The summed E-state index contributed by atoms with van der Waals surface area (Å²) in [5.41, 5.74) is 8.66. The molecule has 5 nitrogen and oxygen atoms in total. The molecule has 0 atom stereocenters. The van der Waals surface area contributed by atoms with E-state index in [0.717, 1.165) is 22.5 Å². The third kappa shape index (κ3) is 4.53. The number of nitrogens with zero attached hydrogens (tertiary/aromatic N) is 3. The predicted octanol–water partition coefficient (Wildman–Crippen LogP) is 4.75. The van der Waals surface area contributed by atoms with Crippen molar-refractivity contribution in [2.24, 2.45) is 10.7 Å². The second-order valence-electron chi connectivity index (χ2n) is 7.10. The lowest BCUT2D eigenvalue weighted by Crippen LogP contribution is -2.22. The number of aromatic nitrogens is 2. The van der Waals surface area contributed by atoms with E-state index in [1.807, 2.05) is 62.4 Å². The summed E-state index contributed by atoms with van der Waals surface area (Å²) in [6, 6.07) is 17.2. The fourth-order valence-corrected chi connectivity index (χ4v) is 2.64. The maximum atomic E-state index is 14.5. The lowest BCUT2D eigenvalue weighted by atomic mass is 10.1. The number of anilines is 1. The van der Waals surface area contributed by atoms with Gasteiger partial charge in [-0.2, -0.15) is 10.1 Å². The number of aliphatic imine (C=N–C) groups is 1. The summed E-state index contributed by atoms with van der Waals surface area (Å²) in [5, 5.41) is 7.47. The number of hydrogen-bond donors (Lipinski definition) is 2. The summed E-state index contributed by atoms with van der Waals surface area (Å²) >= 11 is 0. The van der Waals surface area contributed by atoms with E-state index in [1.54, 1.807) is 10.7 Å². The summed E-state index contributed by atoms with van der Waals surface area (Å²) in [6.07, 6.45) is 0. The molecule has 0 aliphatic heterocycles. The van der Waals surface area contributed by atoms with Crippen molar-refractivity contribution in [3.05, 3.63) is 71.4 Å². The monoisotopic (exact) mass is 365 g/mol. The van der Waals surface area contributed by atoms with Crippen molar-refractivity contribution < 1.29 is 4.39 Å². The number of nitrogens with one attached hydrogen (secondary N) is 1. The first-order valence-electron chi connectivity index (χ1n) is 8.77. The molecule has 6 heteroatoms. The number of alkyl halides is 1. The molecule has 0 amide bonds. The van der Waals surface area contributed by atoms with Crippen LogP contribution in [0.15, 0.2) is 59.6 Å². The van der Waals surface area contributed by atoms with Crippen molar-refractivity contribution in [2.45, 2.75) is 33.4 Å². The van der Waals surface area contributed by atoms with Crippen LogP contribution in [-0.2, 0) is 5.67 Å². The zero-order valence-electron chi connectivity index (χ0n) is 16.0. The molecular formula is C21H24FN5. The SMILES string of the molecule is Cc1ccc(-n2nc(C(C)(C)F)cc2N=C(N)Nc2cccc(C)c2)cc1. The number of nitrogens with two attached hydrogens (primary N) is 1. The van der Waals surface area contributed by atoms with Crippen LogP contribution in [0.3, 0.4) is 0 Å². The van der Waals surface area contributed by atoms with Gasteiger partial charge in [0.05, 0.1) is 5.69 Å². The van der Waals surface area contributed by atoms with E-state index in [-0.39, 0.29) is 5.96 Å². The van der Waals surface area contributed by atoms with E-state index >= 15 is 0 Å². The Hall–Kier alpha value is -3.15. The topological polar surface area (TPSA) is 68.2 Å². The molecule has 3 rings (SSSR count). The maximum absolute atomic E-state index is 14.5. The molecule has 0 fully saturated rings. The highest BCUT2D eigenvalue weighted by molar-refractivity contribution is 5.93. The number of guanidine groups is 1. The van der Waals surface area contributed by atoms with E-state index in [9.17, 15) is 4.39 Å². The Morgan fingerprint density at radius 3 is 2.41 bits per heavy atom. The number of halogens is 1. The number of aryl methyl sites for hydroxylation is 2. The van der Waals surface area contributed by atoms with E-state index in [2.05, 4.69) is 15.4 Å². The number of benzene rings is 2. The molecule has 27 heavy (non-hydrogen) atoms. The molecule has 0 saturated carbocycles. The van der Waals surface area contributed by atoms with Gasteiger partial charge in [0.15, 0.2) is 11.8 Å². The van der Waals surface area contributed by atoms with Crippen molar-refractivity contribution in [2.75, 3.05) is 5.32 Å². The van der Waals surface area contributed by atoms with Gasteiger partial charge in [0.1, 0.15) is 11.4 Å². The Balaban J connectivity index is 1.99. The molecule has 3 N–H and O–H groups in total. The Bertz CT molecular complexity index is 965. The van der Waals surface area contributed by atoms with Crippen LogP contribution in [0.1, 0.15) is 30.7 Å². The average Bonchev–Trinajstić information content (AvgIpc) is 2.99. The van der Waals surface area contributed by atoms with Crippen molar-refractivity contribution in [3.63, 3.8) is 0 Å². The highest BCUT2D eigenvalue weighted by Crippen LogP contribution is 2.29. The highest BCUT2D eigenvalue weighted by Gasteiger charge is 2.24. The molecule has 2 aromatic carbocycles. The van der Waals surface area contributed by atoms with Crippen LogP contribution in [-0.4, -0.2) is 15.7 Å². The standard InChI is InChI=1S/C21H24FN5/c1-14-8-10-17(11-9-14)27-19(13-18(26-27)21(3,4)22)25-20(23)24-16-7-5-6-15(2)12-16/h5-13H,1-4H3,(H3,23,24,25). The molecule has 0 unspecified atom stereocenters. The third-order valence-electron chi connectivity index (χ3n) is 4.10. The van der Waals surface area contributed by atoms with Gasteiger partial charge in [0, 0.05) is 11.8 Å². The molecule has 0 aliphatic rings. The molecule has 1 aromatic heterocycles. The molecule has 1 heterocycles. The Kier molecular flexibility index (Phi) is 4.99. The summed E-state index contributed by atoms with van der Waals surface area (Å²) in [5.74, 6) is 0.661. The van der Waals surface area contributed by atoms with Crippen LogP contribution >= 0.6 is 0 Å². The minimum atomic E-state index is -1.58. The predicted molar refractivity (Wildman–Crippen MR) is 109 cm³/mol. The minimum absolute atomic E-state index is 0.206. The van der Waals surface area contributed by atoms with E-state index in [4.69, 9.17) is 5.73 Å². The van der Waals surface area contributed by atoms with Gasteiger partial charge in [-0.15, -0.1) is 0 Å². The zero-order chi connectivity index (χ0) is 19.6. The van der Waals surface area contributed by atoms with Crippen LogP contribution in [0, 0.1) is 13.8 Å². The summed E-state index contributed by atoms with van der Waals surface area (Å²) < 4.78 is 16.1. The first-order valence-corrected chi connectivity index (χ1v) is 8.77. The quantitative estimate of drug-likeness (QED) is 0.518. The molecule has 0 radical (unpaired) electrons. The summed E-state index contributed by atoms with van der Waals surface area (Å²) in [7, 11) is 0. The Morgan fingerprint density at radius 1 is 1.07 bits per heavy atom.